The third kappa shape index (κ3) is 5.99. The van der Waals surface area contributed by atoms with Gasteiger partial charge in [0.2, 0.25) is 0 Å². The van der Waals surface area contributed by atoms with Crippen LogP contribution < -0.4 is 10.1 Å². The van der Waals surface area contributed by atoms with Gasteiger partial charge in [-0.3, -0.25) is 0 Å². The molecule has 30 heavy (non-hydrogen) atoms. The zero-order chi connectivity index (χ0) is 21.8. The highest BCUT2D eigenvalue weighted by atomic mass is 16.6. The van der Waals surface area contributed by atoms with Crippen LogP contribution in [0.4, 0.5) is 6.01 Å². The number of anilines is 1. The van der Waals surface area contributed by atoms with E-state index in [9.17, 15) is 4.79 Å². The molecular weight excluding hydrogens is 380 g/mol. The number of hydrogen-bond acceptors (Lipinski definition) is 6. The summed E-state index contributed by atoms with van der Waals surface area (Å²) in [5.41, 5.74) is 1.13. The number of carbonyl (C=O) groups is 1. The monoisotopic (exact) mass is 410 g/mol. The number of rotatable bonds is 8. The Bertz CT molecular complexity index is 969. The molecule has 0 unspecified atom stereocenters. The summed E-state index contributed by atoms with van der Waals surface area (Å²) in [6.45, 7) is 9.71. The molecule has 1 N–H and O–H groups in total. The number of esters is 1. The predicted molar refractivity (Wildman–Crippen MR) is 118 cm³/mol. The van der Waals surface area contributed by atoms with E-state index in [0.717, 1.165) is 36.0 Å². The summed E-state index contributed by atoms with van der Waals surface area (Å²) in [5.74, 6) is 0.262. The zero-order valence-corrected chi connectivity index (χ0v) is 18.3. The van der Waals surface area contributed by atoms with Crippen molar-refractivity contribution in [2.24, 2.45) is 0 Å². The Morgan fingerprint density at radius 1 is 1.07 bits per heavy atom. The van der Waals surface area contributed by atoms with Crippen LogP contribution in [0.3, 0.4) is 0 Å². The molecule has 1 aromatic heterocycles. The topological polar surface area (TPSA) is 73.6 Å². The van der Waals surface area contributed by atoms with Crippen molar-refractivity contribution < 1.29 is 18.7 Å². The minimum atomic E-state index is -1.07. The number of fused-ring (bicyclic) bond motifs is 1. The van der Waals surface area contributed by atoms with Crippen molar-refractivity contribution in [1.29, 1.82) is 0 Å². The van der Waals surface area contributed by atoms with Crippen molar-refractivity contribution in [1.82, 2.24) is 4.98 Å². The highest BCUT2D eigenvalue weighted by Crippen LogP contribution is 2.23. The van der Waals surface area contributed by atoms with Crippen LogP contribution in [-0.4, -0.2) is 28.7 Å². The maximum absolute atomic E-state index is 12.4. The maximum Gasteiger partial charge on any atom is 0.350 e. The molecule has 0 saturated carbocycles. The Kier molecular flexibility index (Phi) is 6.34. The van der Waals surface area contributed by atoms with Crippen LogP contribution in [0, 0.1) is 0 Å². The molecule has 2 aromatic carbocycles. The third-order valence-electron chi connectivity index (χ3n) is 4.37. The molecule has 6 nitrogen and oxygen atoms in total. The molecule has 0 radical (unpaired) electrons. The van der Waals surface area contributed by atoms with E-state index in [1.165, 1.54) is 0 Å². The second-order valence-corrected chi connectivity index (χ2v) is 8.78. The van der Waals surface area contributed by atoms with Gasteiger partial charge in [0.05, 0.1) is 0 Å². The zero-order valence-electron chi connectivity index (χ0n) is 18.3. The highest BCUT2D eigenvalue weighted by molar-refractivity contribution is 5.79. The van der Waals surface area contributed by atoms with E-state index in [-0.39, 0.29) is 5.97 Å². The lowest BCUT2D eigenvalue weighted by molar-refractivity contribution is -0.170. The molecular formula is C24H30N2O4. The summed E-state index contributed by atoms with van der Waals surface area (Å²) in [4.78, 5) is 16.8. The van der Waals surface area contributed by atoms with Crippen LogP contribution >= 0.6 is 0 Å². The number of nitrogens with one attached hydrogen (secondary N) is 1. The van der Waals surface area contributed by atoms with Gasteiger partial charge in [-0.05, 0) is 77.3 Å². The number of ether oxygens (including phenoxy) is 2. The van der Waals surface area contributed by atoms with Gasteiger partial charge in [0.25, 0.3) is 6.01 Å². The van der Waals surface area contributed by atoms with E-state index < -0.39 is 11.2 Å². The third-order valence-corrected chi connectivity index (χ3v) is 4.37. The fourth-order valence-electron chi connectivity index (χ4n) is 2.94. The summed E-state index contributed by atoms with van der Waals surface area (Å²) < 4.78 is 17.1. The van der Waals surface area contributed by atoms with Crippen LogP contribution in [0.2, 0.25) is 0 Å². The molecule has 0 fully saturated rings. The van der Waals surface area contributed by atoms with Gasteiger partial charge >= 0.3 is 5.97 Å². The van der Waals surface area contributed by atoms with Crippen molar-refractivity contribution in [3.05, 3.63) is 54.1 Å². The predicted octanol–water partition coefficient (Wildman–Crippen LogP) is 5.37. The van der Waals surface area contributed by atoms with E-state index in [2.05, 4.69) is 10.3 Å². The SMILES string of the molecule is CC(C)(C)OC(=O)C(C)(C)Oc1cccc(CCCNc2nc3ccccc3o2)c1. The van der Waals surface area contributed by atoms with Gasteiger partial charge in [0.1, 0.15) is 16.9 Å². The molecule has 160 valence electrons. The van der Waals surface area contributed by atoms with E-state index in [0.29, 0.717) is 11.8 Å². The highest BCUT2D eigenvalue weighted by Gasteiger charge is 2.34. The molecule has 3 aromatic rings. The lowest BCUT2D eigenvalue weighted by atomic mass is 10.1. The summed E-state index contributed by atoms with van der Waals surface area (Å²) in [5, 5.41) is 3.22. The summed E-state index contributed by atoms with van der Waals surface area (Å²) in [6.07, 6.45) is 1.76. The number of hydrogen-bond donors (Lipinski definition) is 1. The average molecular weight is 411 g/mol. The van der Waals surface area contributed by atoms with E-state index >= 15 is 0 Å². The minimum Gasteiger partial charge on any atom is -0.476 e. The lowest BCUT2D eigenvalue weighted by Crippen LogP contribution is -2.43. The Morgan fingerprint density at radius 3 is 2.57 bits per heavy atom. The van der Waals surface area contributed by atoms with Crippen molar-refractivity contribution in [2.75, 3.05) is 11.9 Å². The lowest BCUT2D eigenvalue weighted by Gasteiger charge is -2.29. The number of para-hydroxylation sites is 2. The second-order valence-electron chi connectivity index (χ2n) is 8.78. The summed E-state index contributed by atoms with van der Waals surface area (Å²) >= 11 is 0. The Balaban J connectivity index is 1.51. The number of nitrogens with zero attached hydrogens (tertiary/aromatic N) is 1. The fourth-order valence-corrected chi connectivity index (χ4v) is 2.94. The number of carbonyl (C=O) groups excluding carboxylic acids is 1. The molecule has 0 aliphatic heterocycles. The second kappa shape index (κ2) is 8.78. The number of benzene rings is 2. The van der Waals surface area contributed by atoms with Crippen molar-refractivity contribution >= 4 is 23.1 Å². The van der Waals surface area contributed by atoms with Crippen LogP contribution in [0.5, 0.6) is 5.75 Å². The smallest absolute Gasteiger partial charge is 0.350 e. The van der Waals surface area contributed by atoms with Gasteiger partial charge in [-0.2, -0.15) is 4.98 Å². The van der Waals surface area contributed by atoms with E-state index in [1.807, 2.05) is 69.3 Å². The molecule has 0 atom stereocenters. The molecule has 0 bridgehead atoms. The van der Waals surface area contributed by atoms with E-state index in [1.54, 1.807) is 13.8 Å². The van der Waals surface area contributed by atoms with Gasteiger partial charge in [0.15, 0.2) is 11.2 Å². The molecule has 3 rings (SSSR count). The summed E-state index contributed by atoms with van der Waals surface area (Å²) in [6, 6.07) is 16.0. The van der Waals surface area contributed by atoms with Gasteiger partial charge in [-0.15, -0.1) is 0 Å². The van der Waals surface area contributed by atoms with E-state index in [4.69, 9.17) is 13.9 Å². The minimum absolute atomic E-state index is 0.386. The standard InChI is InChI=1S/C24H30N2O4/c1-23(2,3)30-21(27)24(4,5)29-18-12-8-10-17(16-18)11-9-15-25-22-26-19-13-6-7-14-20(19)28-22/h6-8,10,12-14,16H,9,11,15H2,1-5H3,(H,25,26). The van der Waals surface area contributed by atoms with Gasteiger partial charge in [0, 0.05) is 6.54 Å². The first kappa shape index (κ1) is 21.7. The van der Waals surface area contributed by atoms with Gasteiger partial charge in [-0.1, -0.05) is 24.3 Å². The average Bonchev–Trinajstić information content (AvgIpc) is 3.07. The Labute approximate surface area is 177 Å². The van der Waals surface area contributed by atoms with Crippen molar-refractivity contribution in [2.45, 2.75) is 58.7 Å². The van der Waals surface area contributed by atoms with Crippen molar-refractivity contribution in [3.8, 4) is 5.75 Å². The molecule has 0 aliphatic carbocycles. The van der Waals surface area contributed by atoms with Crippen LogP contribution in [-0.2, 0) is 16.0 Å². The normalized spacial score (nSPS) is 12.0. The number of aryl methyl sites for hydroxylation is 1. The molecule has 0 spiro atoms. The molecule has 1 heterocycles. The Hall–Kier alpha value is -3.02. The number of aromatic nitrogens is 1. The first-order valence-corrected chi connectivity index (χ1v) is 10.2. The largest absolute Gasteiger partial charge is 0.476 e. The maximum atomic E-state index is 12.4. The van der Waals surface area contributed by atoms with Crippen LogP contribution in [0.25, 0.3) is 11.1 Å². The number of oxazole rings is 1. The van der Waals surface area contributed by atoms with Gasteiger partial charge < -0.3 is 19.2 Å². The quantitative estimate of drug-likeness (QED) is 0.397. The molecule has 0 aliphatic rings. The molecule has 0 amide bonds. The molecule has 6 heteroatoms. The molecule has 0 saturated heterocycles. The fraction of sp³-hybridized carbons (Fsp3) is 0.417. The van der Waals surface area contributed by atoms with Crippen LogP contribution in [0.15, 0.2) is 52.9 Å². The van der Waals surface area contributed by atoms with Crippen molar-refractivity contribution in [3.63, 3.8) is 0 Å². The summed E-state index contributed by atoms with van der Waals surface area (Å²) in [7, 11) is 0. The van der Waals surface area contributed by atoms with Gasteiger partial charge in [-0.25, -0.2) is 4.79 Å². The Morgan fingerprint density at radius 2 is 1.83 bits per heavy atom. The van der Waals surface area contributed by atoms with Crippen LogP contribution in [0.1, 0.15) is 46.6 Å². The first-order valence-electron chi connectivity index (χ1n) is 10.2. The first-order chi connectivity index (χ1) is 14.1.